The van der Waals surface area contributed by atoms with E-state index in [2.05, 4.69) is 22.3 Å². The van der Waals surface area contributed by atoms with Crippen molar-refractivity contribution in [1.29, 1.82) is 0 Å². The van der Waals surface area contributed by atoms with Crippen LogP contribution < -0.4 is 5.32 Å². The Morgan fingerprint density at radius 2 is 1.80 bits per heavy atom. The molecule has 0 bridgehead atoms. The number of piperidine rings is 1. The van der Waals surface area contributed by atoms with Crippen LogP contribution in [0.5, 0.6) is 0 Å². The van der Waals surface area contributed by atoms with Crippen LogP contribution in [-0.4, -0.2) is 47.8 Å². The van der Waals surface area contributed by atoms with Crippen LogP contribution in [0.2, 0.25) is 5.02 Å². The first-order valence-electron chi connectivity index (χ1n) is 12.0. The Kier molecular flexibility index (Phi) is 8.26. The molecular formula is C28H32ClN3O3. The molecule has 1 aliphatic rings. The van der Waals surface area contributed by atoms with E-state index in [9.17, 15) is 9.59 Å². The van der Waals surface area contributed by atoms with E-state index in [1.165, 1.54) is 18.8 Å². The highest BCUT2D eigenvalue weighted by Gasteiger charge is 2.33. The van der Waals surface area contributed by atoms with Crippen LogP contribution in [0.4, 0.5) is 5.69 Å². The Balaban J connectivity index is 1.42. The molecule has 2 heterocycles. The number of hydrogen-bond donors (Lipinski definition) is 1. The number of nitrogens with zero attached hydrogens (tertiary/aromatic N) is 2. The number of likely N-dealkylation sites (N-methyl/N-ethyl adjacent to an activating group) is 1. The number of nitrogens with one attached hydrogen (secondary N) is 1. The Morgan fingerprint density at radius 1 is 1.09 bits per heavy atom. The van der Waals surface area contributed by atoms with Gasteiger partial charge in [0.25, 0.3) is 5.91 Å². The van der Waals surface area contributed by atoms with Gasteiger partial charge in [0.15, 0.2) is 5.76 Å². The van der Waals surface area contributed by atoms with E-state index in [1.807, 2.05) is 48.3 Å². The van der Waals surface area contributed by atoms with Crippen LogP contribution in [0.3, 0.4) is 0 Å². The number of carbonyl (C=O) groups excluding carboxylic acids is 2. The van der Waals surface area contributed by atoms with Gasteiger partial charge < -0.3 is 14.6 Å². The number of benzene rings is 2. The summed E-state index contributed by atoms with van der Waals surface area (Å²) in [5.41, 5.74) is 3.09. The van der Waals surface area contributed by atoms with Crippen molar-refractivity contribution in [2.24, 2.45) is 5.92 Å². The molecule has 0 spiro atoms. The first-order valence-corrected chi connectivity index (χ1v) is 12.4. The summed E-state index contributed by atoms with van der Waals surface area (Å²) in [6, 6.07) is 19.4. The van der Waals surface area contributed by atoms with Crippen molar-refractivity contribution >= 4 is 29.1 Å². The highest BCUT2D eigenvalue weighted by molar-refractivity contribution is 6.31. The van der Waals surface area contributed by atoms with E-state index in [0.717, 1.165) is 48.7 Å². The summed E-state index contributed by atoms with van der Waals surface area (Å²) in [4.78, 5) is 28.6. The highest BCUT2D eigenvalue weighted by Crippen LogP contribution is 2.30. The van der Waals surface area contributed by atoms with Crippen molar-refractivity contribution < 1.29 is 14.0 Å². The van der Waals surface area contributed by atoms with E-state index in [1.54, 1.807) is 12.1 Å². The van der Waals surface area contributed by atoms with E-state index < -0.39 is 0 Å². The van der Waals surface area contributed by atoms with Gasteiger partial charge in [-0.1, -0.05) is 41.9 Å². The maximum atomic E-state index is 13.1. The molecule has 2 aromatic carbocycles. The van der Waals surface area contributed by atoms with Gasteiger partial charge in [-0.05, 0) is 79.7 Å². The van der Waals surface area contributed by atoms with Crippen LogP contribution in [-0.2, 0) is 17.8 Å². The lowest BCUT2D eigenvalue weighted by Crippen LogP contribution is -2.47. The van der Waals surface area contributed by atoms with Crippen LogP contribution in [0.15, 0.2) is 71.3 Å². The van der Waals surface area contributed by atoms with Crippen molar-refractivity contribution in [2.45, 2.75) is 38.8 Å². The van der Waals surface area contributed by atoms with Gasteiger partial charge in [-0.15, -0.1) is 0 Å². The Bertz CT molecular complexity index is 1120. The van der Waals surface area contributed by atoms with E-state index >= 15 is 0 Å². The molecule has 6 nitrogen and oxygen atoms in total. The quantitative estimate of drug-likeness (QED) is 0.451. The molecule has 0 radical (unpaired) electrons. The molecule has 35 heavy (non-hydrogen) atoms. The number of amides is 2. The molecule has 0 saturated carbocycles. The van der Waals surface area contributed by atoms with Gasteiger partial charge in [0, 0.05) is 37.3 Å². The lowest BCUT2D eigenvalue weighted by Gasteiger charge is -2.40. The summed E-state index contributed by atoms with van der Waals surface area (Å²) < 4.78 is 5.39. The Labute approximate surface area is 211 Å². The standard InChI is InChI=1S/C28H32ClN3O3/c1-20(33)30-24-11-9-21(10-12-24)19-32-15-13-22(14-16-32)26(18-23-6-3-4-7-25(23)29)31(2)28(34)27-8-5-17-35-27/h3-12,17,22,26H,13-16,18-19H2,1-2H3,(H,30,33). The number of anilines is 1. The summed E-state index contributed by atoms with van der Waals surface area (Å²) in [7, 11) is 1.87. The fourth-order valence-electron chi connectivity index (χ4n) is 4.88. The lowest BCUT2D eigenvalue weighted by atomic mass is 9.84. The van der Waals surface area contributed by atoms with Gasteiger partial charge in [0.1, 0.15) is 0 Å². The molecule has 1 N–H and O–H groups in total. The molecule has 184 valence electrons. The van der Waals surface area contributed by atoms with E-state index in [4.69, 9.17) is 16.0 Å². The molecule has 0 aliphatic carbocycles. The molecule has 1 fully saturated rings. The highest BCUT2D eigenvalue weighted by atomic mass is 35.5. The smallest absolute Gasteiger partial charge is 0.289 e. The SMILES string of the molecule is CC(=O)Nc1ccc(CN2CCC(C(Cc3ccccc3Cl)N(C)C(=O)c3ccco3)CC2)cc1. The zero-order chi connectivity index (χ0) is 24.8. The largest absolute Gasteiger partial charge is 0.459 e. The molecule has 3 aromatic rings. The van der Waals surface area contributed by atoms with E-state index in [0.29, 0.717) is 18.1 Å². The molecule has 2 amide bonds. The van der Waals surface area contributed by atoms with E-state index in [-0.39, 0.29) is 17.9 Å². The van der Waals surface area contributed by atoms with Gasteiger partial charge in [-0.2, -0.15) is 0 Å². The zero-order valence-corrected chi connectivity index (χ0v) is 21.0. The number of hydrogen-bond acceptors (Lipinski definition) is 4. The molecule has 4 rings (SSSR count). The lowest BCUT2D eigenvalue weighted by molar-refractivity contribution is -0.114. The summed E-state index contributed by atoms with van der Waals surface area (Å²) in [6.07, 6.45) is 4.23. The maximum Gasteiger partial charge on any atom is 0.289 e. The number of halogens is 1. The number of rotatable bonds is 8. The van der Waals surface area contributed by atoms with Gasteiger partial charge in [-0.3, -0.25) is 14.5 Å². The molecule has 1 unspecified atom stereocenters. The zero-order valence-electron chi connectivity index (χ0n) is 20.2. The predicted molar refractivity (Wildman–Crippen MR) is 138 cm³/mol. The summed E-state index contributed by atoms with van der Waals surface area (Å²) in [5, 5.41) is 3.54. The summed E-state index contributed by atoms with van der Waals surface area (Å²) in [5.74, 6) is 0.542. The third-order valence-corrected chi connectivity index (χ3v) is 7.16. The van der Waals surface area contributed by atoms with Gasteiger partial charge in [0.05, 0.1) is 6.26 Å². The maximum absolute atomic E-state index is 13.1. The minimum atomic E-state index is -0.103. The third-order valence-electron chi connectivity index (χ3n) is 6.79. The number of likely N-dealkylation sites (tertiary alicyclic amines) is 1. The summed E-state index contributed by atoms with van der Waals surface area (Å²) >= 11 is 6.49. The first-order chi connectivity index (χ1) is 16.9. The molecular weight excluding hydrogens is 462 g/mol. The number of carbonyl (C=O) groups is 2. The molecule has 1 aromatic heterocycles. The second kappa shape index (κ2) is 11.6. The molecule has 1 aliphatic heterocycles. The fraction of sp³-hybridized carbons (Fsp3) is 0.357. The van der Waals surface area contributed by atoms with Crippen molar-refractivity contribution in [2.75, 3.05) is 25.5 Å². The van der Waals surface area contributed by atoms with Crippen LogP contribution >= 0.6 is 11.6 Å². The summed E-state index contributed by atoms with van der Waals surface area (Å²) in [6.45, 7) is 4.29. The first kappa shape index (κ1) is 25.0. The topological polar surface area (TPSA) is 65.8 Å². The second-order valence-corrected chi connectivity index (χ2v) is 9.66. The van der Waals surface area contributed by atoms with Gasteiger partial charge in [-0.25, -0.2) is 0 Å². The molecule has 7 heteroatoms. The van der Waals surface area contributed by atoms with Crippen molar-refractivity contribution in [3.05, 3.63) is 88.8 Å². The number of furan rings is 1. The van der Waals surface area contributed by atoms with Gasteiger partial charge >= 0.3 is 0 Å². The minimum absolute atomic E-state index is 0.0200. The predicted octanol–water partition coefficient (Wildman–Crippen LogP) is 5.49. The van der Waals surface area contributed by atoms with Crippen LogP contribution in [0.1, 0.15) is 41.4 Å². The average Bonchev–Trinajstić information content (AvgIpc) is 3.39. The fourth-order valence-corrected chi connectivity index (χ4v) is 5.10. The van der Waals surface area contributed by atoms with Crippen molar-refractivity contribution in [3.63, 3.8) is 0 Å². The van der Waals surface area contributed by atoms with Crippen LogP contribution in [0.25, 0.3) is 0 Å². The monoisotopic (exact) mass is 493 g/mol. The average molecular weight is 494 g/mol. The Hall–Kier alpha value is -3.09. The van der Waals surface area contributed by atoms with Crippen LogP contribution in [0, 0.1) is 5.92 Å². The second-order valence-electron chi connectivity index (χ2n) is 9.25. The van der Waals surface area contributed by atoms with Crippen molar-refractivity contribution in [1.82, 2.24) is 9.80 Å². The molecule has 1 saturated heterocycles. The Morgan fingerprint density at radius 3 is 2.43 bits per heavy atom. The molecule has 1 atom stereocenters. The normalized spacial score (nSPS) is 15.5. The van der Waals surface area contributed by atoms with Crippen molar-refractivity contribution in [3.8, 4) is 0 Å². The van der Waals surface area contributed by atoms with Gasteiger partial charge in [0.2, 0.25) is 5.91 Å². The third kappa shape index (κ3) is 6.53. The minimum Gasteiger partial charge on any atom is -0.459 e.